The molecule has 2 rings (SSSR count). The van der Waals surface area contributed by atoms with Gasteiger partial charge >= 0.3 is 6.18 Å². The van der Waals surface area contributed by atoms with E-state index < -0.39 is 27.5 Å². The van der Waals surface area contributed by atoms with E-state index in [9.17, 15) is 21.6 Å². The molecule has 0 atom stereocenters. The maximum atomic E-state index is 12.7. The molecular formula is C13H7Cl3F3NO2S. The zero-order valence-corrected chi connectivity index (χ0v) is 14.0. The van der Waals surface area contributed by atoms with Crippen LogP contribution in [-0.2, 0) is 16.2 Å². The van der Waals surface area contributed by atoms with Gasteiger partial charge in [-0.1, -0.05) is 34.8 Å². The lowest BCUT2D eigenvalue weighted by atomic mass is 10.2. The number of alkyl halides is 3. The van der Waals surface area contributed by atoms with E-state index in [1.807, 2.05) is 4.72 Å². The van der Waals surface area contributed by atoms with Crippen LogP contribution in [0.1, 0.15) is 5.56 Å². The van der Waals surface area contributed by atoms with Crippen molar-refractivity contribution < 1.29 is 21.6 Å². The van der Waals surface area contributed by atoms with Gasteiger partial charge in [-0.05, 0) is 36.4 Å². The summed E-state index contributed by atoms with van der Waals surface area (Å²) in [7, 11) is -4.27. The Morgan fingerprint density at radius 1 is 0.913 bits per heavy atom. The lowest BCUT2D eigenvalue weighted by Gasteiger charge is -2.13. The number of rotatable bonds is 3. The summed E-state index contributed by atoms with van der Waals surface area (Å²) in [4.78, 5) is -0.375. The Morgan fingerprint density at radius 3 is 2.13 bits per heavy atom. The predicted octanol–water partition coefficient (Wildman–Crippen LogP) is 5.47. The molecule has 3 nitrogen and oxygen atoms in total. The van der Waals surface area contributed by atoms with Crippen molar-refractivity contribution in [3.8, 4) is 0 Å². The van der Waals surface area contributed by atoms with Gasteiger partial charge in [0.2, 0.25) is 0 Å². The third-order valence-electron chi connectivity index (χ3n) is 2.72. The molecule has 0 saturated carbocycles. The third kappa shape index (κ3) is 4.23. The van der Waals surface area contributed by atoms with E-state index in [1.54, 1.807) is 0 Å². The second-order valence-electron chi connectivity index (χ2n) is 4.37. The van der Waals surface area contributed by atoms with Gasteiger partial charge in [-0.15, -0.1) is 0 Å². The highest BCUT2D eigenvalue weighted by Gasteiger charge is 2.31. The van der Waals surface area contributed by atoms with E-state index in [0.717, 1.165) is 18.2 Å². The number of nitrogens with one attached hydrogen (secondary N) is 1. The Balaban J connectivity index is 2.47. The lowest BCUT2D eigenvalue weighted by Crippen LogP contribution is -2.15. The van der Waals surface area contributed by atoms with Crippen molar-refractivity contribution in [1.82, 2.24) is 0 Å². The zero-order valence-electron chi connectivity index (χ0n) is 11.0. The molecule has 2 aromatic carbocycles. The van der Waals surface area contributed by atoms with Crippen LogP contribution in [0, 0.1) is 0 Å². The maximum absolute atomic E-state index is 12.7. The summed E-state index contributed by atoms with van der Waals surface area (Å²) in [5, 5.41) is -0.227. The molecule has 0 aliphatic rings. The second kappa shape index (κ2) is 6.39. The van der Waals surface area contributed by atoms with Gasteiger partial charge in [0.1, 0.15) is 4.90 Å². The minimum absolute atomic E-state index is 0.102. The topological polar surface area (TPSA) is 46.2 Å². The highest BCUT2D eigenvalue weighted by atomic mass is 35.5. The van der Waals surface area contributed by atoms with Crippen molar-refractivity contribution in [3.05, 3.63) is 57.0 Å². The van der Waals surface area contributed by atoms with E-state index in [2.05, 4.69) is 0 Å². The summed E-state index contributed by atoms with van der Waals surface area (Å²) >= 11 is 17.3. The summed E-state index contributed by atoms with van der Waals surface area (Å²) in [6.45, 7) is 0. The van der Waals surface area contributed by atoms with Gasteiger partial charge in [0, 0.05) is 5.02 Å². The van der Waals surface area contributed by atoms with Crippen molar-refractivity contribution in [2.45, 2.75) is 11.1 Å². The van der Waals surface area contributed by atoms with Crippen LogP contribution in [-0.4, -0.2) is 8.42 Å². The molecule has 0 bridgehead atoms. The molecule has 0 saturated heterocycles. The Kier molecular flexibility index (Phi) is 5.06. The van der Waals surface area contributed by atoms with E-state index in [4.69, 9.17) is 34.8 Å². The number of hydrogen-bond acceptors (Lipinski definition) is 2. The van der Waals surface area contributed by atoms with E-state index in [0.29, 0.717) is 6.07 Å². The summed E-state index contributed by atoms with van der Waals surface area (Å²) in [5.41, 5.74) is -1.46. The molecule has 2 aromatic rings. The first kappa shape index (κ1) is 18.2. The molecule has 0 fully saturated rings. The summed E-state index contributed by atoms with van der Waals surface area (Å²) < 4.78 is 64.7. The van der Waals surface area contributed by atoms with Gasteiger partial charge in [-0.3, -0.25) is 4.72 Å². The molecule has 124 valence electrons. The number of sulfonamides is 1. The van der Waals surface area contributed by atoms with Gasteiger partial charge in [-0.2, -0.15) is 13.2 Å². The minimum atomic E-state index is -4.64. The Hall–Kier alpha value is -1.15. The molecular weight excluding hydrogens is 398 g/mol. The summed E-state index contributed by atoms with van der Waals surface area (Å²) in [5.74, 6) is 0. The van der Waals surface area contributed by atoms with Gasteiger partial charge in [-0.25, -0.2) is 8.42 Å². The number of benzene rings is 2. The molecule has 0 heterocycles. The van der Waals surface area contributed by atoms with Crippen LogP contribution in [0.25, 0.3) is 0 Å². The number of anilines is 1. The monoisotopic (exact) mass is 403 g/mol. The Bertz CT molecular complexity index is 854. The summed E-state index contributed by atoms with van der Waals surface area (Å²) in [6, 6.07) is 5.99. The first-order valence-corrected chi connectivity index (χ1v) is 8.47. The Labute approximate surface area is 145 Å². The fraction of sp³-hybridized carbons (Fsp3) is 0.0769. The van der Waals surface area contributed by atoms with Crippen LogP contribution in [0.3, 0.4) is 0 Å². The maximum Gasteiger partial charge on any atom is 0.416 e. The van der Waals surface area contributed by atoms with Crippen molar-refractivity contribution in [1.29, 1.82) is 0 Å². The normalized spacial score (nSPS) is 12.3. The quantitative estimate of drug-likeness (QED) is 0.738. The zero-order chi connectivity index (χ0) is 17.4. The van der Waals surface area contributed by atoms with Crippen LogP contribution in [0.15, 0.2) is 41.3 Å². The molecule has 0 aliphatic heterocycles. The van der Waals surface area contributed by atoms with Gasteiger partial charge in [0.15, 0.2) is 0 Å². The highest BCUT2D eigenvalue weighted by molar-refractivity contribution is 7.92. The van der Waals surface area contributed by atoms with E-state index in [1.165, 1.54) is 12.1 Å². The third-order valence-corrected chi connectivity index (χ3v) is 5.13. The van der Waals surface area contributed by atoms with Crippen molar-refractivity contribution in [3.63, 3.8) is 0 Å². The smallest absolute Gasteiger partial charge is 0.278 e. The number of halogens is 6. The van der Waals surface area contributed by atoms with Crippen LogP contribution in [0.2, 0.25) is 15.1 Å². The standard InChI is InChI=1S/C13H7Cl3F3NO2S/c14-8-2-4-10(16)12(6-8)23(21,22)20-11-5-7(13(17,18)19)1-3-9(11)15/h1-6,20H. The number of hydrogen-bond donors (Lipinski definition) is 1. The fourth-order valence-corrected chi connectivity index (χ4v) is 3.72. The van der Waals surface area contributed by atoms with Gasteiger partial charge in [0.25, 0.3) is 10.0 Å². The largest absolute Gasteiger partial charge is 0.416 e. The molecule has 0 aromatic heterocycles. The predicted molar refractivity (Wildman–Crippen MR) is 83.7 cm³/mol. The van der Waals surface area contributed by atoms with E-state index in [-0.39, 0.29) is 20.0 Å². The van der Waals surface area contributed by atoms with Gasteiger partial charge < -0.3 is 0 Å². The molecule has 23 heavy (non-hydrogen) atoms. The second-order valence-corrected chi connectivity index (χ2v) is 7.27. The SMILES string of the molecule is O=S(=O)(Nc1cc(C(F)(F)F)ccc1Cl)c1cc(Cl)ccc1Cl. The molecule has 0 aliphatic carbocycles. The minimum Gasteiger partial charge on any atom is -0.278 e. The molecule has 0 spiro atoms. The molecule has 1 N–H and O–H groups in total. The fourth-order valence-electron chi connectivity index (χ4n) is 1.66. The van der Waals surface area contributed by atoms with Crippen LogP contribution in [0.5, 0.6) is 0 Å². The molecule has 0 radical (unpaired) electrons. The van der Waals surface area contributed by atoms with Crippen molar-refractivity contribution >= 4 is 50.5 Å². The molecule has 0 unspecified atom stereocenters. The van der Waals surface area contributed by atoms with Crippen LogP contribution < -0.4 is 4.72 Å². The van der Waals surface area contributed by atoms with Crippen molar-refractivity contribution in [2.75, 3.05) is 4.72 Å². The average molecular weight is 405 g/mol. The summed E-state index contributed by atoms with van der Waals surface area (Å²) in [6.07, 6.45) is -4.64. The van der Waals surface area contributed by atoms with Crippen LogP contribution >= 0.6 is 34.8 Å². The van der Waals surface area contributed by atoms with E-state index >= 15 is 0 Å². The van der Waals surface area contributed by atoms with Crippen LogP contribution in [0.4, 0.5) is 18.9 Å². The highest BCUT2D eigenvalue weighted by Crippen LogP contribution is 2.35. The molecule has 0 amide bonds. The lowest BCUT2D eigenvalue weighted by molar-refractivity contribution is -0.137. The molecule has 10 heteroatoms. The average Bonchev–Trinajstić information content (AvgIpc) is 2.42. The first-order valence-electron chi connectivity index (χ1n) is 5.85. The van der Waals surface area contributed by atoms with Crippen molar-refractivity contribution in [2.24, 2.45) is 0 Å². The Morgan fingerprint density at radius 2 is 1.52 bits per heavy atom. The first-order chi connectivity index (χ1) is 10.5. The van der Waals surface area contributed by atoms with Gasteiger partial charge in [0.05, 0.1) is 21.3 Å².